The fraction of sp³-hybridized carbons (Fsp3) is 0. The molecule has 0 atom stereocenters. The van der Waals surface area contributed by atoms with Gasteiger partial charge in [-0.1, -0.05) is 5.10 Å². The molecule has 0 saturated heterocycles. The van der Waals surface area contributed by atoms with Crippen molar-refractivity contribution in [2.45, 2.75) is 0 Å². The van der Waals surface area contributed by atoms with Crippen LogP contribution in [-0.4, -0.2) is 16.1 Å². The van der Waals surface area contributed by atoms with Crippen molar-refractivity contribution in [1.82, 2.24) is 10.2 Å². The number of amides is 1. The van der Waals surface area contributed by atoms with Crippen molar-refractivity contribution >= 4 is 27.9 Å². The first-order valence-electron chi connectivity index (χ1n) is 5.16. The second-order valence-corrected chi connectivity index (χ2v) is 4.23. The number of carbonyl (C=O) groups is 1. The van der Waals surface area contributed by atoms with Gasteiger partial charge in [-0.05, 0) is 40.2 Å². The van der Waals surface area contributed by atoms with Gasteiger partial charge >= 0.3 is 6.01 Å². The van der Waals surface area contributed by atoms with E-state index in [1.54, 1.807) is 18.2 Å². The predicted molar refractivity (Wildman–Crippen MR) is 66.4 cm³/mol. The number of rotatable bonds is 3. The monoisotopic (exact) mass is 323 g/mol. The van der Waals surface area contributed by atoms with E-state index in [9.17, 15) is 4.79 Å². The summed E-state index contributed by atoms with van der Waals surface area (Å²) in [4.78, 5) is 11.7. The van der Waals surface area contributed by atoms with E-state index in [1.165, 1.54) is 12.3 Å². The van der Waals surface area contributed by atoms with Crippen molar-refractivity contribution in [3.8, 4) is 11.7 Å². The minimum Gasteiger partial charge on any atom is -0.459 e. The Kier molecular flexibility index (Phi) is 2.92. The molecule has 0 fully saturated rings. The van der Waals surface area contributed by atoms with Crippen LogP contribution in [0.15, 0.2) is 48.4 Å². The molecular weight excluding hydrogens is 318 g/mol. The summed E-state index contributed by atoms with van der Waals surface area (Å²) in [6.07, 6.45) is 1.40. The third-order valence-electron chi connectivity index (χ3n) is 2.17. The van der Waals surface area contributed by atoms with Gasteiger partial charge in [-0.25, -0.2) is 0 Å². The highest BCUT2D eigenvalue weighted by Crippen LogP contribution is 2.24. The Morgan fingerprint density at radius 1 is 1.21 bits per heavy atom. The zero-order valence-electron chi connectivity index (χ0n) is 9.29. The molecule has 0 aromatic carbocycles. The molecule has 0 spiro atoms. The van der Waals surface area contributed by atoms with Crippen LogP contribution in [0.4, 0.5) is 6.01 Å². The molecule has 0 aliphatic carbocycles. The van der Waals surface area contributed by atoms with Crippen LogP contribution < -0.4 is 5.32 Å². The number of carbonyl (C=O) groups excluding carboxylic acids is 1. The molecule has 3 aromatic rings. The second-order valence-electron chi connectivity index (χ2n) is 3.45. The Hall–Kier alpha value is -2.35. The lowest BCUT2D eigenvalue weighted by Crippen LogP contribution is -2.10. The maximum Gasteiger partial charge on any atom is 0.323 e. The SMILES string of the molecule is O=C(Nc1nnc(-c2ccc(Br)o2)o1)c1ccco1. The minimum absolute atomic E-state index is 0.0380. The Balaban J connectivity index is 1.77. The van der Waals surface area contributed by atoms with E-state index in [4.69, 9.17) is 13.3 Å². The first kappa shape index (κ1) is 11.7. The van der Waals surface area contributed by atoms with E-state index in [1.807, 2.05) is 0 Å². The van der Waals surface area contributed by atoms with Gasteiger partial charge in [0.05, 0.1) is 6.26 Å². The number of hydrogen-bond donors (Lipinski definition) is 1. The highest BCUT2D eigenvalue weighted by atomic mass is 79.9. The van der Waals surface area contributed by atoms with Crippen LogP contribution in [0.25, 0.3) is 11.7 Å². The maximum atomic E-state index is 11.7. The molecule has 3 heterocycles. The van der Waals surface area contributed by atoms with Gasteiger partial charge in [0.2, 0.25) is 0 Å². The van der Waals surface area contributed by atoms with Crippen molar-refractivity contribution in [1.29, 1.82) is 0 Å². The van der Waals surface area contributed by atoms with Crippen LogP contribution >= 0.6 is 15.9 Å². The van der Waals surface area contributed by atoms with E-state index in [0.717, 1.165) is 0 Å². The molecule has 7 nitrogen and oxygen atoms in total. The highest BCUT2D eigenvalue weighted by molar-refractivity contribution is 9.10. The van der Waals surface area contributed by atoms with Gasteiger partial charge in [0.1, 0.15) is 0 Å². The fourth-order valence-corrected chi connectivity index (χ4v) is 1.68. The lowest BCUT2D eigenvalue weighted by atomic mass is 10.4. The minimum atomic E-state index is -0.471. The standard InChI is InChI=1S/C11H6BrN3O4/c12-8-4-3-7(18-8)10-14-15-11(19-10)13-9(16)6-2-1-5-17-6/h1-5H,(H,13,15,16). The topological polar surface area (TPSA) is 94.3 Å². The molecule has 0 unspecified atom stereocenters. The van der Waals surface area contributed by atoms with Crippen LogP contribution in [0, 0.1) is 0 Å². The van der Waals surface area contributed by atoms with Crippen molar-refractivity contribution < 1.29 is 18.0 Å². The molecular formula is C11H6BrN3O4. The van der Waals surface area contributed by atoms with Crippen molar-refractivity contribution in [2.24, 2.45) is 0 Å². The third kappa shape index (κ3) is 2.43. The smallest absolute Gasteiger partial charge is 0.323 e. The average molecular weight is 324 g/mol. The zero-order chi connectivity index (χ0) is 13.2. The highest BCUT2D eigenvalue weighted by Gasteiger charge is 2.16. The molecule has 0 bridgehead atoms. The number of halogens is 1. The normalized spacial score (nSPS) is 10.6. The van der Waals surface area contributed by atoms with Crippen molar-refractivity contribution in [3.05, 3.63) is 41.0 Å². The first-order chi connectivity index (χ1) is 9.22. The summed E-state index contributed by atoms with van der Waals surface area (Å²) in [6.45, 7) is 0. The van der Waals surface area contributed by atoms with Crippen LogP contribution in [-0.2, 0) is 0 Å². The van der Waals surface area contributed by atoms with E-state index in [0.29, 0.717) is 10.4 Å². The fourth-order valence-electron chi connectivity index (χ4n) is 1.37. The molecule has 19 heavy (non-hydrogen) atoms. The third-order valence-corrected chi connectivity index (χ3v) is 2.60. The Morgan fingerprint density at radius 3 is 2.79 bits per heavy atom. The number of nitrogens with one attached hydrogen (secondary N) is 1. The summed E-state index contributed by atoms with van der Waals surface area (Å²) in [5.41, 5.74) is 0. The van der Waals surface area contributed by atoms with Crippen LogP contribution in [0.2, 0.25) is 0 Å². The quantitative estimate of drug-likeness (QED) is 0.796. The van der Waals surface area contributed by atoms with Crippen LogP contribution in [0.1, 0.15) is 10.6 Å². The summed E-state index contributed by atoms with van der Waals surface area (Å²) >= 11 is 3.16. The average Bonchev–Trinajstić information content (AvgIpc) is 3.07. The maximum absolute atomic E-state index is 11.7. The molecule has 96 valence electrons. The Labute approximate surface area is 114 Å². The largest absolute Gasteiger partial charge is 0.459 e. The van der Waals surface area contributed by atoms with Crippen LogP contribution in [0.5, 0.6) is 0 Å². The van der Waals surface area contributed by atoms with Gasteiger partial charge in [0.25, 0.3) is 11.8 Å². The lowest BCUT2D eigenvalue weighted by molar-refractivity contribution is 0.0994. The Morgan fingerprint density at radius 2 is 2.11 bits per heavy atom. The summed E-state index contributed by atoms with van der Waals surface area (Å²) in [7, 11) is 0. The number of hydrogen-bond acceptors (Lipinski definition) is 6. The molecule has 3 aromatic heterocycles. The summed E-state index contributed by atoms with van der Waals surface area (Å²) in [5, 5.41) is 9.86. The van der Waals surface area contributed by atoms with Gasteiger partial charge < -0.3 is 13.3 Å². The van der Waals surface area contributed by atoms with E-state index in [-0.39, 0.29) is 17.7 Å². The van der Waals surface area contributed by atoms with Gasteiger partial charge in [0, 0.05) is 0 Å². The molecule has 8 heteroatoms. The zero-order valence-corrected chi connectivity index (χ0v) is 10.9. The predicted octanol–water partition coefficient (Wildman–Crippen LogP) is 2.94. The number of nitrogens with zero attached hydrogens (tertiary/aromatic N) is 2. The summed E-state index contributed by atoms with van der Waals surface area (Å²) < 4.78 is 16.0. The molecule has 3 rings (SSSR count). The van der Waals surface area contributed by atoms with Gasteiger partial charge in [-0.15, -0.1) is 5.10 Å². The molecule has 0 saturated carbocycles. The van der Waals surface area contributed by atoms with Crippen molar-refractivity contribution in [2.75, 3.05) is 5.32 Å². The van der Waals surface area contributed by atoms with Gasteiger partial charge in [0.15, 0.2) is 16.2 Å². The summed E-state index contributed by atoms with van der Waals surface area (Å²) in [6, 6.07) is 6.45. The van der Waals surface area contributed by atoms with E-state index in [2.05, 4.69) is 31.4 Å². The number of furan rings is 2. The molecule has 1 amide bonds. The molecule has 0 aliphatic rings. The van der Waals surface area contributed by atoms with Crippen molar-refractivity contribution in [3.63, 3.8) is 0 Å². The molecule has 0 aliphatic heterocycles. The summed E-state index contributed by atoms with van der Waals surface area (Å²) in [5.74, 6) is 0.250. The first-order valence-corrected chi connectivity index (χ1v) is 5.96. The lowest BCUT2D eigenvalue weighted by Gasteiger charge is -1.95. The van der Waals surface area contributed by atoms with Crippen LogP contribution in [0.3, 0.4) is 0 Å². The van der Waals surface area contributed by atoms with E-state index >= 15 is 0 Å². The molecule has 0 radical (unpaired) electrons. The number of aromatic nitrogens is 2. The van der Waals surface area contributed by atoms with E-state index < -0.39 is 5.91 Å². The van der Waals surface area contributed by atoms with Gasteiger partial charge in [-0.2, -0.15) is 0 Å². The van der Waals surface area contributed by atoms with Gasteiger partial charge in [-0.3, -0.25) is 10.1 Å². The molecule has 1 N–H and O–H groups in total. The second kappa shape index (κ2) is 4.73. The Bertz CT molecular complexity index is 701. The number of anilines is 1.